The van der Waals surface area contributed by atoms with E-state index in [2.05, 4.69) is 15.8 Å². The first-order valence-corrected chi connectivity index (χ1v) is 7.48. The number of benzene rings is 2. The van der Waals surface area contributed by atoms with Gasteiger partial charge in [-0.3, -0.25) is 15.0 Å². The molecule has 6 N–H and O–H groups in total. The van der Waals surface area contributed by atoms with Crippen LogP contribution in [0.1, 0.15) is 10.4 Å². The lowest BCUT2D eigenvalue weighted by Gasteiger charge is -2.11. The van der Waals surface area contributed by atoms with Crippen molar-refractivity contribution in [3.05, 3.63) is 77.5 Å². The van der Waals surface area contributed by atoms with E-state index in [4.69, 9.17) is 16.7 Å². The standard InChI is InChI=1S/C18H16N6O2/c19-11-14(16(21)25)15(20)17(24-23-13-9-5-2-6-10-13)22-18(26)12-7-3-1-4-8-12/h1-10,23H,20H2,(H2,21,25)(H,22,24,26)/b15-14-. The van der Waals surface area contributed by atoms with E-state index in [1.54, 1.807) is 60.7 Å². The first-order valence-electron chi connectivity index (χ1n) is 7.48. The second kappa shape index (κ2) is 8.65. The number of nitriles is 1. The number of hydrogen-bond donors (Lipinski definition) is 4. The van der Waals surface area contributed by atoms with Crippen LogP contribution in [0.15, 0.2) is 77.0 Å². The fourth-order valence-corrected chi connectivity index (χ4v) is 1.92. The molecule has 0 aliphatic rings. The smallest absolute Gasteiger partial charge is 0.261 e. The maximum absolute atomic E-state index is 12.4. The fourth-order valence-electron chi connectivity index (χ4n) is 1.92. The molecule has 2 aromatic carbocycles. The molecule has 0 aliphatic heterocycles. The maximum atomic E-state index is 12.4. The van der Waals surface area contributed by atoms with Gasteiger partial charge < -0.3 is 16.8 Å². The number of nitrogens with two attached hydrogens (primary N) is 2. The molecular formula is C18H16N6O2. The zero-order valence-electron chi connectivity index (χ0n) is 13.6. The van der Waals surface area contributed by atoms with Gasteiger partial charge in [-0.15, -0.1) is 0 Å². The number of nitrogens with one attached hydrogen (secondary N) is 2. The summed E-state index contributed by atoms with van der Waals surface area (Å²) in [7, 11) is 0. The average Bonchev–Trinajstić information content (AvgIpc) is 2.66. The lowest BCUT2D eigenvalue weighted by Crippen LogP contribution is -2.37. The Morgan fingerprint density at radius 3 is 2.08 bits per heavy atom. The van der Waals surface area contributed by atoms with E-state index in [1.165, 1.54) is 0 Å². The Labute approximate surface area is 149 Å². The number of anilines is 1. The third-order valence-corrected chi connectivity index (χ3v) is 3.22. The Bertz CT molecular complexity index is 898. The van der Waals surface area contributed by atoms with Gasteiger partial charge in [-0.1, -0.05) is 36.4 Å². The van der Waals surface area contributed by atoms with Gasteiger partial charge in [0, 0.05) is 5.56 Å². The lowest BCUT2D eigenvalue weighted by atomic mass is 10.2. The number of amidine groups is 1. The lowest BCUT2D eigenvalue weighted by molar-refractivity contribution is -0.114. The molecule has 0 heterocycles. The van der Waals surface area contributed by atoms with Gasteiger partial charge in [0.15, 0.2) is 5.84 Å². The maximum Gasteiger partial charge on any atom is 0.261 e. The molecule has 0 radical (unpaired) electrons. The summed E-state index contributed by atoms with van der Waals surface area (Å²) >= 11 is 0. The number of nitrogens with zero attached hydrogens (tertiary/aromatic N) is 2. The first kappa shape index (κ1) is 18.2. The number of hydrogen-bond acceptors (Lipinski definition) is 6. The summed E-state index contributed by atoms with van der Waals surface area (Å²) in [5, 5.41) is 15.6. The fraction of sp³-hybridized carbons (Fsp3) is 0. The van der Waals surface area contributed by atoms with Crippen LogP contribution < -0.4 is 22.2 Å². The van der Waals surface area contributed by atoms with Gasteiger partial charge in [0.1, 0.15) is 17.3 Å². The molecule has 0 aliphatic carbocycles. The van der Waals surface area contributed by atoms with Crippen LogP contribution in [-0.2, 0) is 4.79 Å². The molecule has 8 nitrogen and oxygen atoms in total. The Kier molecular flexibility index (Phi) is 6.07. The Hall–Kier alpha value is -4.12. The second-order valence-electron chi connectivity index (χ2n) is 5.02. The molecule has 2 amide bonds. The third kappa shape index (κ3) is 4.69. The Morgan fingerprint density at radius 2 is 1.54 bits per heavy atom. The zero-order valence-corrected chi connectivity index (χ0v) is 13.6. The molecule has 130 valence electrons. The summed E-state index contributed by atoms with van der Waals surface area (Å²) in [5.41, 5.74) is 13.8. The Balaban J connectivity index is 2.37. The average molecular weight is 348 g/mol. The largest absolute Gasteiger partial charge is 0.394 e. The molecule has 0 spiro atoms. The molecule has 0 saturated carbocycles. The van der Waals surface area contributed by atoms with Crippen LogP contribution in [0.2, 0.25) is 0 Å². The summed E-state index contributed by atoms with van der Waals surface area (Å²) in [6.07, 6.45) is 0. The van der Waals surface area contributed by atoms with Gasteiger partial charge >= 0.3 is 0 Å². The minimum Gasteiger partial charge on any atom is -0.394 e. The molecule has 0 unspecified atom stereocenters. The van der Waals surface area contributed by atoms with E-state index < -0.39 is 17.4 Å². The van der Waals surface area contributed by atoms with Crippen molar-refractivity contribution >= 4 is 23.3 Å². The van der Waals surface area contributed by atoms with E-state index in [0.29, 0.717) is 11.3 Å². The summed E-state index contributed by atoms with van der Waals surface area (Å²) in [4.78, 5) is 23.7. The molecule has 8 heteroatoms. The summed E-state index contributed by atoms with van der Waals surface area (Å²) < 4.78 is 0. The molecule has 0 aromatic heterocycles. The van der Waals surface area contributed by atoms with E-state index in [9.17, 15) is 9.59 Å². The van der Waals surface area contributed by atoms with Crippen molar-refractivity contribution in [2.45, 2.75) is 0 Å². The van der Waals surface area contributed by atoms with Crippen molar-refractivity contribution in [1.82, 2.24) is 5.32 Å². The molecule has 2 rings (SSSR count). The highest BCUT2D eigenvalue weighted by atomic mass is 16.2. The second-order valence-corrected chi connectivity index (χ2v) is 5.02. The summed E-state index contributed by atoms with van der Waals surface area (Å²) in [5.74, 6) is -1.73. The van der Waals surface area contributed by atoms with Crippen LogP contribution >= 0.6 is 0 Å². The third-order valence-electron chi connectivity index (χ3n) is 3.22. The van der Waals surface area contributed by atoms with Gasteiger partial charge in [-0.05, 0) is 24.3 Å². The van der Waals surface area contributed by atoms with E-state index >= 15 is 0 Å². The molecule has 26 heavy (non-hydrogen) atoms. The van der Waals surface area contributed by atoms with Crippen molar-refractivity contribution in [2.75, 3.05) is 5.43 Å². The number of hydrazone groups is 1. The predicted octanol–water partition coefficient (Wildman–Crippen LogP) is 1.06. The monoisotopic (exact) mass is 348 g/mol. The predicted molar refractivity (Wildman–Crippen MR) is 97.4 cm³/mol. The quantitative estimate of drug-likeness (QED) is 0.210. The van der Waals surface area contributed by atoms with Crippen LogP contribution in [0.3, 0.4) is 0 Å². The number of primary amides is 1. The van der Waals surface area contributed by atoms with Crippen molar-refractivity contribution in [1.29, 1.82) is 5.26 Å². The summed E-state index contributed by atoms with van der Waals surface area (Å²) in [6, 6.07) is 18.8. The highest BCUT2D eigenvalue weighted by Gasteiger charge is 2.18. The summed E-state index contributed by atoms with van der Waals surface area (Å²) in [6.45, 7) is 0. The van der Waals surface area contributed by atoms with Gasteiger partial charge in [0.2, 0.25) is 0 Å². The number of carbonyl (C=O) groups excluding carboxylic acids is 2. The van der Waals surface area contributed by atoms with Crippen molar-refractivity contribution in [2.24, 2.45) is 16.6 Å². The highest BCUT2D eigenvalue weighted by molar-refractivity contribution is 6.15. The molecule has 2 aromatic rings. The number of rotatable bonds is 5. The number of para-hydroxylation sites is 1. The minimum atomic E-state index is -1.02. The highest BCUT2D eigenvalue weighted by Crippen LogP contribution is 2.07. The van der Waals surface area contributed by atoms with Crippen LogP contribution in [0.4, 0.5) is 5.69 Å². The van der Waals surface area contributed by atoms with Crippen LogP contribution in [-0.4, -0.2) is 17.6 Å². The van der Waals surface area contributed by atoms with Gasteiger partial charge in [0.25, 0.3) is 11.8 Å². The molecule has 0 atom stereocenters. The van der Waals surface area contributed by atoms with Crippen LogP contribution in [0.5, 0.6) is 0 Å². The normalized spacial score (nSPS) is 11.7. The zero-order chi connectivity index (χ0) is 18.9. The molecule has 0 fully saturated rings. The minimum absolute atomic E-state index is 0.196. The van der Waals surface area contributed by atoms with Gasteiger partial charge in [-0.2, -0.15) is 10.4 Å². The van der Waals surface area contributed by atoms with E-state index in [-0.39, 0.29) is 11.5 Å². The number of carbonyl (C=O) groups is 2. The van der Waals surface area contributed by atoms with Gasteiger partial charge in [0.05, 0.1) is 5.69 Å². The van der Waals surface area contributed by atoms with Crippen molar-refractivity contribution < 1.29 is 9.59 Å². The van der Waals surface area contributed by atoms with Crippen LogP contribution in [0, 0.1) is 11.3 Å². The van der Waals surface area contributed by atoms with Crippen molar-refractivity contribution in [3.8, 4) is 6.07 Å². The topological polar surface area (TPSA) is 146 Å². The molecule has 0 bridgehead atoms. The van der Waals surface area contributed by atoms with Crippen molar-refractivity contribution in [3.63, 3.8) is 0 Å². The van der Waals surface area contributed by atoms with Gasteiger partial charge in [-0.25, -0.2) is 0 Å². The first-order chi connectivity index (χ1) is 12.5. The van der Waals surface area contributed by atoms with Crippen LogP contribution in [0.25, 0.3) is 0 Å². The SMILES string of the molecule is N#C/C(C(N)=O)=C(N)\C(=N/Nc1ccccc1)NC(=O)c1ccccc1. The molecular weight excluding hydrogens is 332 g/mol. The molecule has 0 saturated heterocycles. The van der Waals surface area contributed by atoms with E-state index in [1.807, 2.05) is 6.07 Å². The Morgan fingerprint density at radius 1 is 0.962 bits per heavy atom. The number of amides is 2. The van der Waals surface area contributed by atoms with E-state index in [0.717, 1.165) is 0 Å².